The normalized spacial score (nSPS) is 12.1. The lowest BCUT2D eigenvalue weighted by atomic mass is 10.0. The fraction of sp³-hybridized carbons (Fsp3) is 0.438. The summed E-state index contributed by atoms with van der Waals surface area (Å²) in [5, 5.41) is 8.24. The molecule has 0 fully saturated rings. The lowest BCUT2D eigenvalue weighted by Gasteiger charge is -2.18. The molecular formula is C16H22N4O2. The Bertz CT molecular complexity index is 660. The zero-order valence-corrected chi connectivity index (χ0v) is 13.0. The molecule has 0 aliphatic carbocycles. The Hall–Kier alpha value is -2.37. The summed E-state index contributed by atoms with van der Waals surface area (Å²) in [4.78, 5) is 28.0. The van der Waals surface area contributed by atoms with Crippen molar-refractivity contribution in [3.63, 3.8) is 0 Å². The molecule has 0 aliphatic rings. The minimum Gasteiger partial charge on any atom is -0.349 e. The SMILES string of the molecule is CCCC[C@H](NC(=O)Cc1c(C)[nH][nH]c1=O)c1cccnc1. The van der Waals surface area contributed by atoms with Crippen LogP contribution in [0.5, 0.6) is 0 Å². The van der Waals surface area contributed by atoms with E-state index < -0.39 is 0 Å². The number of aromatic amines is 2. The number of aryl methyl sites for hydroxylation is 1. The van der Waals surface area contributed by atoms with Gasteiger partial charge < -0.3 is 10.4 Å². The molecule has 118 valence electrons. The molecule has 3 N–H and O–H groups in total. The predicted octanol–water partition coefficient (Wildman–Crippen LogP) is 2.00. The maximum atomic E-state index is 12.3. The Morgan fingerprint density at radius 1 is 1.41 bits per heavy atom. The number of unbranched alkanes of at least 4 members (excludes halogenated alkanes) is 1. The molecular weight excluding hydrogens is 280 g/mol. The van der Waals surface area contributed by atoms with E-state index in [0.717, 1.165) is 24.8 Å². The van der Waals surface area contributed by atoms with Crippen LogP contribution in [-0.4, -0.2) is 21.1 Å². The van der Waals surface area contributed by atoms with E-state index in [1.54, 1.807) is 19.3 Å². The molecule has 0 bridgehead atoms. The van der Waals surface area contributed by atoms with Gasteiger partial charge in [-0.15, -0.1) is 0 Å². The van der Waals surface area contributed by atoms with Crippen molar-refractivity contribution < 1.29 is 4.79 Å². The largest absolute Gasteiger partial charge is 0.349 e. The van der Waals surface area contributed by atoms with Crippen molar-refractivity contribution in [2.45, 2.75) is 45.6 Å². The standard InChI is InChI=1S/C16H22N4O2/c1-3-4-7-14(12-6-5-8-17-10-12)18-15(21)9-13-11(2)19-20-16(13)22/h5-6,8,10,14H,3-4,7,9H2,1-2H3,(H,18,21)(H2,19,20,22)/t14-/m0/s1. The van der Waals surface area contributed by atoms with E-state index in [4.69, 9.17) is 0 Å². The molecule has 2 heterocycles. The number of nitrogens with zero attached hydrogens (tertiary/aromatic N) is 1. The highest BCUT2D eigenvalue weighted by molar-refractivity contribution is 5.79. The maximum Gasteiger partial charge on any atom is 0.267 e. The lowest BCUT2D eigenvalue weighted by Crippen LogP contribution is -2.31. The van der Waals surface area contributed by atoms with Crippen molar-refractivity contribution >= 4 is 5.91 Å². The number of rotatable bonds is 7. The number of aromatic nitrogens is 3. The third kappa shape index (κ3) is 4.07. The van der Waals surface area contributed by atoms with Gasteiger partial charge in [-0.2, -0.15) is 0 Å². The molecule has 2 rings (SSSR count). The summed E-state index contributed by atoms with van der Waals surface area (Å²) in [7, 11) is 0. The highest BCUT2D eigenvalue weighted by Gasteiger charge is 2.17. The second-order valence-electron chi connectivity index (χ2n) is 5.41. The predicted molar refractivity (Wildman–Crippen MR) is 84.5 cm³/mol. The molecule has 22 heavy (non-hydrogen) atoms. The van der Waals surface area contributed by atoms with Crippen molar-refractivity contribution in [3.05, 3.63) is 51.7 Å². The lowest BCUT2D eigenvalue weighted by molar-refractivity contribution is -0.121. The second-order valence-corrected chi connectivity index (χ2v) is 5.41. The Morgan fingerprint density at radius 3 is 2.82 bits per heavy atom. The van der Waals surface area contributed by atoms with Crippen LogP contribution >= 0.6 is 0 Å². The van der Waals surface area contributed by atoms with Gasteiger partial charge in [0.1, 0.15) is 0 Å². The van der Waals surface area contributed by atoms with Crippen LogP contribution in [0, 0.1) is 6.92 Å². The van der Waals surface area contributed by atoms with Gasteiger partial charge in [0, 0.05) is 23.7 Å². The number of carbonyl (C=O) groups is 1. The van der Waals surface area contributed by atoms with Gasteiger partial charge in [-0.25, -0.2) is 0 Å². The van der Waals surface area contributed by atoms with E-state index in [2.05, 4.69) is 27.4 Å². The zero-order chi connectivity index (χ0) is 15.9. The summed E-state index contributed by atoms with van der Waals surface area (Å²) >= 11 is 0. The highest BCUT2D eigenvalue weighted by Crippen LogP contribution is 2.18. The molecule has 0 saturated heterocycles. The fourth-order valence-corrected chi connectivity index (χ4v) is 2.40. The van der Waals surface area contributed by atoms with Crippen LogP contribution in [0.1, 0.15) is 49.0 Å². The Morgan fingerprint density at radius 2 is 2.23 bits per heavy atom. The highest BCUT2D eigenvalue weighted by atomic mass is 16.2. The van der Waals surface area contributed by atoms with Crippen LogP contribution in [0.3, 0.4) is 0 Å². The molecule has 0 radical (unpaired) electrons. The van der Waals surface area contributed by atoms with Crippen LogP contribution in [0.2, 0.25) is 0 Å². The summed E-state index contributed by atoms with van der Waals surface area (Å²) in [6.45, 7) is 3.89. The van der Waals surface area contributed by atoms with Crippen molar-refractivity contribution in [1.29, 1.82) is 0 Å². The average Bonchev–Trinajstić information content (AvgIpc) is 2.84. The molecule has 0 unspecified atom stereocenters. The quantitative estimate of drug-likeness (QED) is 0.730. The van der Waals surface area contributed by atoms with Gasteiger partial charge in [-0.05, 0) is 25.0 Å². The Balaban J connectivity index is 2.06. The molecule has 2 aromatic rings. The number of H-pyrrole nitrogens is 2. The molecule has 0 aliphatic heterocycles. The first-order valence-corrected chi connectivity index (χ1v) is 7.57. The van der Waals surface area contributed by atoms with Crippen molar-refractivity contribution in [2.75, 3.05) is 0 Å². The van der Waals surface area contributed by atoms with Gasteiger partial charge in [0.25, 0.3) is 5.56 Å². The van der Waals surface area contributed by atoms with E-state index in [1.165, 1.54) is 0 Å². The average molecular weight is 302 g/mol. The van der Waals surface area contributed by atoms with Crippen LogP contribution in [0.15, 0.2) is 29.3 Å². The first-order valence-electron chi connectivity index (χ1n) is 7.57. The van der Waals surface area contributed by atoms with Gasteiger partial charge in [0.2, 0.25) is 5.91 Å². The van der Waals surface area contributed by atoms with Gasteiger partial charge in [0.15, 0.2) is 0 Å². The third-order valence-electron chi connectivity index (χ3n) is 3.70. The van der Waals surface area contributed by atoms with Gasteiger partial charge in [0.05, 0.1) is 12.5 Å². The van der Waals surface area contributed by atoms with Gasteiger partial charge in [-0.3, -0.25) is 19.7 Å². The van der Waals surface area contributed by atoms with Crippen LogP contribution in [-0.2, 0) is 11.2 Å². The van der Waals surface area contributed by atoms with E-state index in [0.29, 0.717) is 11.3 Å². The molecule has 0 aromatic carbocycles. The van der Waals surface area contributed by atoms with Gasteiger partial charge in [-0.1, -0.05) is 25.8 Å². The number of nitrogens with one attached hydrogen (secondary N) is 3. The van der Waals surface area contributed by atoms with E-state index in [-0.39, 0.29) is 23.9 Å². The molecule has 6 heteroatoms. The van der Waals surface area contributed by atoms with Crippen LogP contribution in [0.4, 0.5) is 0 Å². The molecule has 0 saturated carbocycles. The number of amides is 1. The summed E-state index contributed by atoms with van der Waals surface area (Å²) < 4.78 is 0. The fourth-order valence-electron chi connectivity index (χ4n) is 2.40. The minimum atomic E-state index is -0.237. The van der Waals surface area contributed by atoms with E-state index >= 15 is 0 Å². The monoisotopic (exact) mass is 302 g/mol. The number of carbonyl (C=O) groups excluding carboxylic acids is 1. The summed E-state index contributed by atoms with van der Waals surface area (Å²) in [6.07, 6.45) is 6.50. The minimum absolute atomic E-state index is 0.0699. The summed E-state index contributed by atoms with van der Waals surface area (Å²) in [5.41, 5.74) is 1.94. The smallest absolute Gasteiger partial charge is 0.267 e. The summed E-state index contributed by atoms with van der Waals surface area (Å²) in [5.74, 6) is -0.154. The zero-order valence-electron chi connectivity index (χ0n) is 13.0. The molecule has 0 spiro atoms. The van der Waals surface area contributed by atoms with Crippen molar-refractivity contribution in [3.8, 4) is 0 Å². The molecule has 2 aromatic heterocycles. The van der Waals surface area contributed by atoms with E-state index in [9.17, 15) is 9.59 Å². The molecule has 1 amide bonds. The second kappa shape index (κ2) is 7.59. The topological polar surface area (TPSA) is 90.6 Å². The maximum absolute atomic E-state index is 12.3. The van der Waals surface area contributed by atoms with Gasteiger partial charge >= 0.3 is 0 Å². The van der Waals surface area contributed by atoms with Crippen LogP contribution in [0.25, 0.3) is 0 Å². The Kier molecular flexibility index (Phi) is 5.52. The first-order chi connectivity index (χ1) is 10.6. The van der Waals surface area contributed by atoms with Crippen molar-refractivity contribution in [1.82, 2.24) is 20.5 Å². The third-order valence-corrected chi connectivity index (χ3v) is 3.70. The number of hydrogen-bond donors (Lipinski definition) is 3. The van der Waals surface area contributed by atoms with E-state index in [1.807, 2.05) is 12.1 Å². The first kappa shape index (κ1) is 16.0. The molecule has 1 atom stereocenters. The number of hydrogen-bond acceptors (Lipinski definition) is 3. The molecule has 6 nitrogen and oxygen atoms in total. The summed E-state index contributed by atoms with van der Waals surface area (Å²) in [6, 6.07) is 3.75. The Labute approximate surface area is 129 Å². The van der Waals surface area contributed by atoms with Crippen molar-refractivity contribution in [2.24, 2.45) is 0 Å². The number of pyridine rings is 1. The van der Waals surface area contributed by atoms with Crippen LogP contribution < -0.4 is 10.9 Å².